The molecular formula is C24H30N2O7. The van der Waals surface area contributed by atoms with Gasteiger partial charge in [-0.1, -0.05) is 19.1 Å². The van der Waals surface area contributed by atoms with Crippen LogP contribution in [0.3, 0.4) is 0 Å². The van der Waals surface area contributed by atoms with E-state index in [-0.39, 0.29) is 28.2 Å². The molecular weight excluding hydrogens is 428 g/mol. The van der Waals surface area contributed by atoms with E-state index in [4.69, 9.17) is 0 Å². The van der Waals surface area contributed by atoms with Gasteiger partial charge in [0.05, 0.1) is 29.3 Å². The molecule has 0 unspecified atom stereocenters. The number of hydrogen-bond donors (Lipinski definition) is 6. The van der Waals surface area contributed by atoms with Gasteiger partial charge >= 0.3 is 0 Å². The van der Waals surface area contributed by atoms with Gasteiger partial charge in [-0.15, -0.1) is 0 Å². The Balaban J connectivity index is 2.07. The minimum Gasteiger partial charge on any atom is -0.510 e. The van der Waals surface area contributed by atoms with E-state index < -0.39 is 58.9 Å². The number of phenolic OH excluding ortho intramolecular Hbond substituents is 1. The van der Waals surface area contributed by atoms with E-state index in [9.17, 15) is 35.1 Å². The SMILES string of the molecule is CN[C@@H]1C(C(C)=O)=C(O)[C@@H](N(C)C)[C@@H]2[C@@H](O)[C@H]3C(=C(O)[C@@]21O)C(=O)c1c(O)cccc1[C@@H]3C. The Bertz CT molecular complexity index is 1110. The van der Waals surface area contributed by atoms with Crippen LogP contribution >= 0.6 is 0 Å². The highest BCUT2D eigenvalue weighted by Crippen LogP contribution is 2.56. The summed E-state index contributed by atoms with van der Waals surface area (Å²) < 4.78 is 0. The number of aliphatic hydroxyl groups is 4. The first-order valence-corrected chi connectivity index (χ1v) is 10.9. The Morgan fingerprint density at radius 1 is 1.18 bits per heavy atom. The van der Waals surface area contributed by atoms with Crippen molar-refractivity contribution in [3.05, 3.63) is 52.0 Å². The molecule has 0 saturated heterocycles. The molecule has 6 N–H and O–H groups in total. The van der Waals surface area contributed by atoms with Crippen molar-refractivity contribution in [1.29, 1.82) is 0 Å². The summed E-state index contributed by atoms with van der Waals surface area (Å²) in [7, 11) is 4.71. The molecule has 9 nitrogen and oxygen atoms in total. The van der Waals surface area contributed by atoms with Crippen molar-refractivity contribution in [3.8, 4) is 5.75 Å². The highest BCUT2D eigenvalue weighted by molar-refractivity contribution is 6.14. The van der Waals surface area contributed by atoms with E-state index in [1.165, 1.54) is 20.0 Å². The van der Waals surface area contributed by atoms with Gasteiger partial charge in [0.2, 0.25) is 0 Å². The molecule has 7 atom stereocenters. The number of fused-ring (bicyclic) bond motifs is 3. The second kappa shape index (κ2) is 7.66. The van der Waals surface area contributed by atoms with Crippen molar-refractivity contribution < 1.29 is 35.1 Å². The number of nitrogens with one attached hydrogen (secondary N) is 1. The molecule has 0 saturated carbocycles. The fourth-order valence-corrected chi connectivity index (χ4v) is 6.27. The summed E-state index contributed by atoms with van der Waals surface area (Å²) in [5.74, 6) is -4.98. The van der Waals surface area contributed by atoms with Crippen molar-refractivity contribution in [2.45, 2.75) is 43.6 Å². The van der Waals surface area contributed by atoms with Gasteiger partial charge in [-0.3, -0.25) is 14.5 Å². The Labute approximate surface area is 191 Å². The number of nitrogens with zero attached hydrogens (tertiary/aromatic N) is 1. The van der Waals surface area contributed by atoms with Crippen molar-refractivity contribution in [2.75, 3.05) is 21.1 Å². The summed E-state index contributed by atoms with van der Waals surface area (Å²) in [5.41, 5.74) is -2.06. The van der Waals surface area contributed by atoms with Gasteiger partial charge in [0.1, 0.15) is 22.9 Å². The molecule has 1 aromatic rings. The van der Waals surface area contributed by atoms with Crippen molar-refractivity contribution in [1.82, 2.24) is 10.2 Å². The lowest BCUT2D eigenvalue weighted by molar-refractivity contribution is -0.146. The Morgan fingerprint density at radius 3 is 2.36 bits per heavy atom. The summed E-state index contributed by atoms with van der Waals surface area (Å²) in [6.45, 7) is 3.01. The predicted octanol–water partition coefficient (Wildman–Crippen LogP) is 0.775. The number of aliphatic hydroxyl groups excluding tert-OH is 3. The first kappa shape index (κ1) is 23.4. The molecule has 0 spiro atoms. The number of carbonyl (C=O) groups excluding carboxylic acids is 2. The van der Waals surface area contributed by atoms with Gasteiger partial charge < -0.3 is 30.8 Å². The Hall–Kier alpha value is -2.72. The van der Waals surface area contributed by atoms with Crippen molar-refractivity contribution in [3.63, 3.8) is 0 Å². The molecule has 0 aromatic heterocycles. The zero-order chi connectivity index (χ0) is 24.6. The average Bonchev–Trinajstić information content (AvgIpc) is 2.74. The van der Waals surface area contributed by atoms with Gasteiger partial charge in [0.15, 0.2) is 11.6 Å². The van der Waals surface area contributed by atoms with Crippen LogP contribution in [-0.4, -0.2) is 86.9 Å². The number of rotatable bonds is 3. The first-order chi connectivity index (χ1) is 15.4. The molecule has 3 aliphatic rings. The van der Waals surface area contributed by atoms with E-state index in [1.807, 2.05) is 0 Å². The zero-order valence-corrected chi connectivity index (χ0v) is 19.2. The molecule has 3 aliphatic carbocycles. The molecule has 178 valence electrons. The second-order valence-corrected chi connectivity index (χ2v) is 9.47. The third-order valence-electron chi connectivity index (χ3n) is 7.64. The fraction of sp³-hybridized carbons (Fsp3) is 0.500. The largest absolute Gasteiger partial charge is 0.510 e. The molecule has 33 heavy (non-hydrogen) atoms. The van der Waals surface area contributed by atoms with Gasteiger partial charge in [-0.25, -0.2) is 0 Å². The molecule has 9 heteroatoms. The lowest BCUT2D eigenvalue weighted by Gasteiger charge is -2.57. The van der Waals surface area contributed by atoms with Gasteiger partial charge in [0.25, 0.3) is 0 Å². The van der Waals surface area contributed by atoms with Gasteiger partial charge in [-0.2, -0.15) is 0 Å². The van der Waals surface area contributed by atoms with E-state index in [2.05, 4.69) is 5.32 Å². The summed E-state index contributed by atoms with van der Waals surface area (Å²) in [6, 6.07) is 2.36. The van der Waals surface area contributed by atoms with Crippen LogP contribution in [0.1, 0.15) is 35.7 Å². The summed E-state index contributed by atoms with van der Waals surface area (Å²) in [5, 5.41) is 59.5. The van der Waals surface area contributed by atoms with Crippen LogP contribution in [-0.2, 0) is 4.79 Å². The number of hydrogen-bond acceptors (Lipinski definition) is 9. The maximum atomic E-state index is 13.5. The minimum absolute atomic E-state index is 0.0169. The highest BCUT2D eigenvalue weighted by atomic mass is 16.3. The molecule has 0 fully saturated rings. The quantitative estimate of drug-likeness (QED) is 0.386. The molecule has 0 amide bonds. The van der Waals surface area contributed by atoms with Crippen molar-refractivity contribution >= 4 is 11.6 Å². The van der Waals surface area contributed by atoms with E-state index in [0.29, 0.717) is 5.56 Å². The highest BCUT2D eigenvalue weighted by Gasteiger charge is 2.66. The second-order valence-electron chi connectivity index (χ2n) is 9.47. The normalized spacial score (nSPS) is 35.9. The van der Waals surface area contributed by atoms with Crippen LogP contribution in [0, 0.1) is 11.8 Å². The maximum Gasteiger partial charge on any atom is 0.196 e. The Morgan fingerprint density at radius 2 is 1.82 bits per heavy atom. The summed E-state index contributed by atoms with van der Waals surface area (Å²) in [4.78, 5) is 27.6. The summed E-state index contributed by atoms with van der Waals surface area (Å²) in [6.07, 6.45) is -1.37. The number of aromatic hydroxyl groups is 1. The van der Waals surface area contributed by atoms with E-state index >= 15 is 0 Å². The minimum atomic E-state index is -2.28. The number of carbonyl (C=O) groups is 2. The Kier molecular flexibility index (Phi) is 5.44. The van der Waals surface area contributed by atoms with Gasteiger partial charge in [0, 0.05) is 17.4 Å². The number of ketones is 2. The molecule has 0 heterocycles. The standard InChI is InChI=1S/C24H30N2O7/c1-9-11-7-6-8-12(28)15(11)19(29)16-13(9)20(30)17-18(26(4)5)21(31)14(10(2)27)22(25-3)24(17,33)23(16)32/h6-9,13,17-18,20,22,25,28,30-33H,1-5H3/t9-,13+,17+,18-,20-,22+,24+/m0/s1. The third kappa shape index (κ3) is 2.86. The topological polar surface area (TPSA) is 151 Å². The van der Waals surface area contributed by atoms with Crippen LogP contribution in [0.5, 0.6) is 5.75 Å². The number of benzene rings is 1. The lowest BCUT2D eigenvalue weighted by Crippen LogP contribution is -2.71. The molecule has 0 bridgehead atoms. The molecule has 0 radical (unpaired) electrons. The van der Waals surface area contributed by atoms with Crippen LogP contribution in [0.15, 0.2) is 40.9 Å². The van der Waals surface area contributed by atoms with Crippen LogP contribution in [0.4, 0.5) is 0 Å². The maximum absolute atomic E-state index is 13.5. The molecule has 4 rings (SSSR count). The van der Waals surface area contributed by atoms with E-state index in [1.54, 1.807) is 38.1 Å². The average molecular weight is 459 g/mol. The summed E-state index contributed by atoms with van der Waals surface area (Å²) >= 11 is 0. The number of phenols is 1. The third-order valence-corrected chi connectivity index (χ3v) is 7.64. The lowest BCUT2D eigenvalue weighted by atomic mass is 9.54. The monoisotopic (exact) mass is 458 g/mol. The molecule has 1 aromatic carbocycles. The van der Waals surface area contributed by atoms with E-state index in [0.717, 1.165) is 0 Å². The predicted molar refractivity (Wildman–Crippen MR) is 119 cm³/mol. The fourth-order valence-electron chi connectivity index (χ4n) is 6.27. The van der Waals surface area contributed by atoms with Crippen molar-refractivity contribution in [2.24, 2.45) is 11.8 Å². The number of likely N-dealkylation sites (N-methyl/N-ethyl adjacent to an activating group) is 2. The smallest absolute Gasteiger partial charge is 0.196 e. The van der Waals surface area contributed by atoms with Crippen LogP contribution in [0.25, 0.3) is 0 Å². The van der Waals surface area contributed by atoms with Crippen LogP contribution < -0.4 is 5.32 Å². The van der Waals surface area contributed by atoms with Gasteiger partial charge in [-0.05, 0) is 45.6 Å². The zero-order valence-electron chi connectivity index (χ0n) is 19.2. The van der Waals surface area contributed by atoms with Crippen LogP contribution in [0.2, 0.25) is 0 Å². The first-order valence-electron chi connectivity index (χ1n) is 10.9. The number of Topliss-reactive ketones (excluding diaryl/α,β-unsaturated/α-hetero) is 2. The molecule has 0 aliphatic heterocycles.